The smallest absolute Gasteiger partial charge is 0.228 e. The number of rotatable bonds is 5. The highest BCUT2D eigenvalue weighted by Crippen LogP contribution is 2.22. The van der Waals surface area contributed by atoms with Crippen LogP contribution in [-0.4, -0.2) is 30.2 Å². The van der Waals surface area contributed by atoms with Crippen LogP contribution in [0.1, 0.15) is 18.4 Å². The quantitative estimate of drug-likeness (QED) is 0.826. The summed E-state index contributed by atoms with van der Waals surface area (Å²) in [6, 6.07) is 18.5. The minimum absolute atomic E-state index is 0.0719. The van der Waals surface area contributed by atoms with Gasteiger partial charge in [0.1, 0.15) is 0 Å². The zero-order chi connectivity index (χ0) is 16.8. The summed E-state index contributed by atoms with van der Waals surface area (Å²) in [6.07, 6.45) is 4.10. The maximum atomic E-state index is 12.6. The Hall–Kier alpha value is -1.78. The number of carbonyl (C=O) groups excluding carboxylic acids is 1. The Morgan fingerprint density at radius 2 is 1.92 bits per heavy atom. The molecule has 24 heavy (non-hydrogen) atoms. The lowest BCUT2D eigenvalue weighted by Crippen LogP contribution is -2.40. The first kappa shape index (κ1) is 17.1. The topological polar surface area (TPSA) is 32.3 Å². The standard InChI is InChI=1S/C20H24N2OS/c1-24-19-11-9-18(10-12-19)21-20(23)17-8-5-13-22(15-17)14-16-6-3-2-4-7-16/h2-4,6-7,9-12,17H,5,8,13-15H2,1H3,(H,21,23). The number of hydrogen-bond donors (Lipinski definition) is 1. The van der Waals surface area contributed by atoms with Gasteiger partial charge >= 0.3 is 0 Å². The maximum Gasteiger partial charge on any atom is 0.228 e. The molecule has 3 nitrogen and oxygen atoms in total. The largest absolute Gasteiger partial charge is 0.326 e. The van der Waals surface area contributed by atoms with Crippen LogP contribution in [0.15, 0.2) is 59.5 Å². The van der Waals surface area contributed by atoms with E-state index in [2.05, 4.69) is 40.7 Å². The van der Waals surface area contributed by atoms with Crippen molar-refractivity contribution in [1.82, 2.24) is 4.90 Å². The normalized spacial score (nSPS) is 18.3. The van der Waals surface area contributed by atoms with Gasteiger partial charge in [-0.25, -0.2) is 0 Å². The van der Waals surface area contributed by atoms with Gasteiger partial charge in [0, 0.05) is 23.7 Å². The van der Waals surface area contributed by atoms with Crippen molar-refractivity contribution >= 4 is 23.4 Å². The zero-order valence-electron chi connectivity index (χ0n) is 14.1. The lowest BCUT2D eigenvalue weighted by molar-refractivity contribution is -0.121. The fraction of sp³-hybridized carbons (Fsp3) is 0.350. The number of carbonyl (C=O) groups is 1. The Labute approximate surface area is 148 Å². The van der Waals surface area contributed by atoms with Gasteiger partial charge in [-0.15, -0.1) is 11.8 Å². The number of nitrogens with zero attached hydrogens (tertiary/aromatic N) is 1. The molecule has 1 N–H and O–H groups in total. The summed E-state index contributed by atoms with van der Waals surface area (Å²) in [5.41, 5.74) is 2.20. The number of likely N-dealkylation sites (tertiary alicyclic amines) is 1. The van der Waals surface area contributed by atoms with Gasteiger partial charge in [0.25, 0.3) is 0 Å². The molecule has 1 saturated heterocycles. The molecule has 2 aromatic rings. The molecule has 3 rings (SSSR count). The highest BCUT2D eigenvalue weighted by Gasteiger charge is 2.25. The predicted molar refractivity (Wildman–Crippen MR) is 101 cm³/mol. The average molecular weight is 340 g/mol. The number of piperidine rings is 1. The summed E-state index contributed by atoms with van der Waals surface area (Å²) in [4.78, 5) is 16.2. The molecule has 0 spiro atoms. The monoisotopic (exact) mass is 340 g/mol. The van der Waals surface area contributed by atoms with E-state index in [4.69, 9.17) is 0 Å². The van der Waals surface area contributed by atoms with Crippen molar-refractivity contribution in [3.63, 3.8) is 0 Å². The van der Waals surface area contributed by atoms with Crippen LogP contribution in [0.25, 0.3) is 0 Å². The molecule has 0 aromatic heterocycles. The molecule has 0 aliphatic carbocycles. The number of anilines is 1. The molecule has 0 bridgehead atoms. The summed E-state index contributed by atoms with van der Waals surface area (Å²) in [5, 5.41) is 3.07. The number of amides is 1. The molecule has 1 amide bonds. The minimum Gasteiger partial charge on any atom is -0.326 e. The van der Waals surface area contributed by atoms with Crippen LogP contribution in [-0.2, 0) is 11.3 Å². The number of nitrogens with one attached hydrogen (secondary N) is 1. The van der Waals surface area contributed by atoms with Gasteiger partial charge in [0.05, 0.1) is 5.92 Å². The van der Waals surface area contributed by atoms with Crippen LogP contribution in [0.2, 0.25) is 0 Å². The molecular formula is C20H24N2OS. The molecule has 4 heteroatoms. The fourth-order valence-electron chi connectivity index (χ4n) is 3.17. The zero-order valence-corrected chi connectivity index (χ0v) is 14.9. The fourth-order valence-corrected chi connectivity index (χ4v) is 3.58. The molecule has 1 heterocycles. The van der Waals surface area contributed by atoms with E-state index in [1.807, 2.05) is 30.3 Å². The summed E-state index contributed by atoms with van der Waals surface area (Å²) in [6.45, 7) is 2.83. The van der Waals surface area contributed by atoms with Crippen LogP contribution < -0.4 is 5.32 Å². The van der Waals surface area contributed by atoms with E-state index in [0.29, 0.717) is 0 Å². The molecule has 1 aliphatic rings. The van der Waals surface area contributed by atoms with Crippen LogP contribution in [0.5, 0.6) is 0 Å². The molecule has 1 fully saturated rings. The Kier molecular flexibility index (Phi) is 5.94. The summed E-state index contributed by atoms with van der Waals surface area (Å²) in [5.74, 6) is 0.215. The van der Waals surface area contributed by atoms with E-state index in [9.17, 15) is 4.79 Å². The summed E-state index contributed by atoms with van der Waals surface area (Å²) < 4.78 is 0. The number of benzene rings is 2. The van der Waals surface area contributed by atoms with Crippen LogP contribution >= 0.6 is 11.8 Å². The molecule has 0 radical (unpaired) electrons. The third-order valence-electron chi connectivity index (χ3n) is 4.48. The van der Waals surface area contributed by atoms with Crippen molar-refractivity contribution in [2.45, 2.75) is 24.3 Å². The Morgan fingerprint density at radius 1 is 1.17 bits per heavy atom. The van der Waals surface area contributed by atoms with E-state index in [1.165, 1.54) is 10.5 Å². The van der Waals surface area contributed by atoms with Crippen LogP contribution in [0.3, 0.4) is 0 Å². The van der Waals surface area contributed by atoms with E-state index in [1.54, 1.807) is 11.8 Å². The van der Waals surface area contributed by atoms with E-state index >= 15 is 0 Å². The highest BCUT2D eigenvalue weighted by molar-refractivity contribution is 7.98. The number of hydrogen-bond acceptors (Lipinski definition) is 3. The van der Waals surface area contributed by atoms with Crippen molar-refractivity contribution in [1.29, 1.82) is 0 Å². The Bertz CT molecular complexity index is 657. The van der Waals surface area contributed by atoms with Crippen molar-refractivity contribution in [3.8, 4) is 0 Å². The van der Waals surface area contributed by atoms with Crippen molar-refractivity contribution < 1.29 is 4.79 Å². The second-order valence-corrected chi connectivity index (χ2v) is 7.16. The predicted octanol–water partition coefficient (Wildman–Crippen LogP) is 4.26. The molecule has 1 atom stereocenters. The van der Waals surface area contributed by atoms with Gasteiger partial charge in [-0.3, -0.25) is 9.69 Å². The van der Waals surface area contributed by atoms with Gasteiger partial charge in [-0.05, 0) is 55.5 Å². The maximum absolute atomic E-state index is 12.6. The van der Waals surface area contributed by atoms with E-state index in [-0.39, 0.29) is 11.8 Å². The van der Waals surface area contributed by atoms with E-state index in [0.717, 1.165) is 38.2 Å². The lowest BCUT2D eigenvalue weighted by atomic mass is 9.96. The van der Waals surface area contributed by atoms with Gasteiger partial charge < -0.3 is 5.32 Å². The lowest BCUT2D eigenvalue weighted by Gasteiger charge is -2.32. The van der Waals surface area contributed by atoms with Crippen molar-refractivity contribution in [2.24, 2.45) is 5.92 Å². The number of thioether (sulfide) groups is 1. The van der Waals surface area contributed by atoms with Crippen LogP contribution in [0, 0.1) is 5.92 Å². The Morgan fingerprint density at radius 3 is 2.62 bits per heavy atom. The molecule has 1 aliphatic heterocycles. The molecular weight excluding hydrogens is 316 g/mol. The third-order valence-corrected chi connectivity index (χ3v) is 5.23. The summed E-state index contributed by atoms with van der Waals surface area (Å²) >= 11 is 1.71. The SMILES string of the molecule is CSc1ccc(NC(=O)C2CCCN(Cc3ccccc3)C2)cc1. The molecule has 2 aromatic carbocycles. The minimum atomic E-state index is 0.0719. The first-order valence-electron chi connectivity index (χ1n) is 8.46. The van der Waals surface area contributed by atoms with Gasteiger partial charge in [-0.1, -0.05) is 30.3 Å². The van der Waals surface area contributed by atoms with E-state index < -0.39 is 0 Å². The van der Waals surface area contributed by atoms with Crippen molar-refractivity contribution in [2.75, 3.05) is 24.7 Å². The average Bonchev–Trinajstić information content (AvgIpc) is 2.63. The van der Waals surface area contributed by atoms with Gasteiger partial charge in [0.2, 0.25) is 5.91 Å². The second-order valence-electron chi connectivity index (χ2n) is 6.28. The Balaban J connectivity index is 1.56. The van der Waals surface area contributed by atoms with Gasteiger partial charge in [0.15, 0.2) is 0 Å². The highest BCUT2D eigenvalue weighted by atomic mass is 32.2. The first-order valence-corrected chi connectivity index (χ1v) is 9.68. The molecule has 1 unspecified atom stereocenters. The third kappa shape index (κ3) is 4.62. The second kappa shape index (κ2) is 8.36. The van der Waals surface area contributed by atoms with Gasteiger partial charge in [-0.2, -0.15) is 0 Å². The molecule has 0 saturated carbocycles. The summed E-state index contributed by atoms with van der Waals surface area (Å²) in [7, 11) is 0. The molecule has 126 valence electrons. The van der Waals surface area contributed by atoms with Crippen molar-refractivity contribution in [3.05, 3.63) is 60.2 Å². The first-order chi connectivity index (χ1) is 11.7. The van der Waals surface area contributed by atoms with Crippen LogP contribution in [0.4, 0.5) is 5.69 Å².